The molecule has 0 fully saturated rings. The van der Waals surface area contributed by atoms with Crippen LogP contribution >= 0.6 is 0 Å². The Balaban J connectivity index is 1.82. The van der Waals surface area contributed by atoms with E-state index in [9.17, 15) is 9.59 Å². The van der Waals surface area contributed by atoms with E-state index in [2.05, 4.69) is 10.3 Å². The van der Waals surface area contributed by atoms with Crippen LogP contribution in [0.5, 0.6) is 5.75 Å². The van der Waals surface area contributed by atoms with E-state index in [1.54, 1.807) is 49.6 Å². The number of aromatic amines is 1. The lowest BCUT2D eigenvalue weighted by molar-refractivity contribution is 0.102. The summed E-state index contributed by atoms with van der Waals surface area (Å²) in [5.74, 6) is -0.0876. The highest BCUT2D eigenvalue weighted by Crippen LogP contribution is 2.18. The van der Waals surface area contributed by atoms with Gasteiger partial charge in [-0.05, 0) is 42.5 Å². The summed E-state index contributed by atoms with van der Waals surface area (Å²) >= 11 is 0. The second-order valence-electron chi connectivity index (χ2n) is 4.41. The second kappa shape index (κ2) is 5.16. The molecule has 3 aromatic rings. The highest BCUT2D eigenvalue weighted by molar-refractivity contribution is 6.04. The minimum Gasteiger partial charge on any atom is -0.497 e. The summed E-state index contributed by atoms with van der Waals surface area (Å²) in [5, 5.41) is 2.75. The van der Waals surface area contributed by atoms with Gasteiger partial charge in [0.2, 0.25) is 0 Å². The lowest BCUT2D eigenvalue weighted by Crippen LogP contribution is -2.11. The Bertz CT molecular complexity index is 846. The molecule has 0 spiro atoms. The Morgan fingerprint density at radius 3 is 2.67 bits per heavy atom. The molecule has 1 aromatic heterocycles. The zero-order valence-electron chi connectivity index (χ0n) is 11.2. The Morgan fingerprint density at radius 1 is 1.19 bits per heavy atom. The van der Waals surface area contributed by atoms with Gasteiger partial charge < -0.3 is 14.5 Å². The molecule has 2 aromatic carbocycles. The lowest BCUT2D eigenvalue weighted by Gasteiger charge is -2.06. The van der Waals surface area contributed by atoms with Crippen molar-refractivity contribution in [2.24, 2.45) is 0 Å². The molecule has 6 heteroatoms. The maximum absolute atomic E-state index is 12.1. The van der Waals surface area contributed by atoms with Gasteiger partial charge in [-0.1, -0.05) is 0 Å². The third-order valence-electron chi connectivity index (χ3n) is 3.03. The average molecular weight is 284 g/mol. The van der Waals surface area contributed by atoms with Gasteiger partial charge in [-0.15, -0.1) is 0 Å². The van der Waals surface area contributed by atoms with Crippen LogP contribution in [0.2, 0.25) is 0 Å². The minimum absolute atomic E-state index is 0.247. The van der Waals surface area contributed by atoms with Gasteiger partial charge in [-0.25, -0.2) is 4.79 Å². The standard InChI is InChI=1S/C15H12N2O4/c1-20-11-5-2-9(3-6-11)14(18)16-10-4-7-13-12(8-10)17-15(19)21-13/h2-8H,1H3,(H,16,18)(H,17,19). The number of H-pyrrole nitrogens is 1. The summed E-state index contributed by atoms with van der Waals surface area (Å²) in [6.45, 7) is 0. The van der Waals surface area contributed by atoms with E-state index in [0.29, 0.717) is 28.1 Å². The molecule has 0 bridgehead atoms. The molecule has 0 atom stereocenters. The van der Waals surface area contributed by atoms with E-state index in [0.717, 1.165) is 0 Å². The molecule has 0 saturated carbocycles. The average Bonchev–Trinajstić information content (AvgIpc) is 2.86. The van der Waals surface area contributed by atoms with Crippen LogP contribution in [0.1, 0.15) is 10.4 Å². The number of benzene rings is 2. The molecule has 3 rings (SSSR count). The number of oxazole rings is 1. The number of fused-ring (bicyclic) bond motifs is 1. The van der Waals surface area contributed by atoms with Gasteiger partial charge in [-0.3, -0.25) is 9.78 Å². The van der Waals surface area contributed by atoms with Gasteiger partial charge in [0.25, 0.3) is 5.91 Å². The van der Waals surface area contributed by atoms with E-state index < -0.39 is 5.76 Å². The highest BCUT2D eigenvalue weighted by Gasteiger charge is 2.08. The predicted octanol–water partition coefficient (Wildman–Crippen LogP) is 2.38. The summed E-state index contributed by atoms with van der Waals surface area (Å²) < 4.78 is 9.94. The smallest absolute Gasteiger partial charge is 0.417 e. The first-order chi connectivity index (χ1) is 10.2. The SMILES string of the molecule is COc1ccc(C(=O)Nc2ccc3oc(=O)[nH]c3c2)cc1. The molecule has 0 aliphatic rings. The van der Waals surface area contributed by atoms with Crippen LogP contribution in [0, 0.1) is 0 Å². The largest absolute Gasteiger partial charge is 0.497 e. The zero-order valence-corrected chi connectivity index (χ0v) is 11.2. The van der Waals surface area contributed by atoms with Crippen LogP contribution in [-0.2, 0) is 0 Å². The van der Waals surface area contributed by atoms with Crippen molar-refractivity contribution in [2.75, 3.05) is 12.4 Å². The summed E-state index contributed by atoms with van der Waals surface area (Å²) in [6, 6.07) is 11.7. The van der Waals surface area contributed by atoms with Crippen molar-refractivity contribution < 1.29 is 13.9 Å². The van der Waals surface area contributed by atoms with E-state index >= 15 is 0 Å². The van der Waals surface area contributed by atoms with Crippen molar-refractivity contribution in [3.63, 3.8) is 0 Å². The first kappa shape index (κ1) is 13.0. The maximum Gasteiger partial charge on any atom is 0.417 e. The first-order valence-corrected chi connectivity index (χ1v) is 6.24. The number of rotatable bonds is 3. The minimum atomic E-state index is -0.524. The Labute approximate surface area is 119 Å². The fourth-order valence-corrected chi connectivity index (χ4v) is 1.98. The van der Waals surface area contributed by atoms with E-state index in [1.165, 1.54) is 0 Å². The van der Waals surface area contributed by atoms with Gasteiger partial charge in [0.05, 0.1) is 12.6 Å². The van der Waals surface area contributed by atoms with Crippen molar-refractivity contribution in [1.29, 1.82) is 0 Å². The third-order valence-corrected chi connectivity index (χ3v) is 3.03. The van der Waals surface area contributed by atoms with Crippen LogP contribution in [-0.4, -0.2) is 18.0 Å². The molecule has 2 N–H and O–H groups in total. The number of methoxy groups -OCH3 is 1. The number of hydrogen-bond donors (Lipinski definition) is 2. The van der Waals surface area contributed by atoms with Crippen LogP contribution < -0.4 is 15.8 Å². The van der Waals surface area contributed by atoms with Crippen LogP contribution in [0.4, 0.5) is 5.69 Å². The number of ether oxygens (including phenoxy) is 1. The van der Waals surface area contributed by atoms with Crippen molar-refractivity contribution in [2.45, 2.75) is 0 Å². The zero-order chi connectivity index (χ0) is 14.8. The first-order valence-electron chi connectivity index (χ1n) is 6.24. The van der Waals surface area contributed by atoms with E-state index in [-0.39, 0.29) is 5.91 Å². The summed E-state index contributed by atoms with van der Waals surface area (Å²) in [6.07, 6.45) is 0. The monoisotopic (exact) mass is 284 g/mol. The molecule has 0 saturated heterocycles. The fraction of sp³-hybridized carbons (Fsp3) is 0.0667. The van der Waals surface area contributed by atoms with Gasteiger partial charge in [-0.2, -0.15) is 0 Å². The number of carbonyl (C=O) groups excluding carboxylic acids is 1. The number of carbonyl (C=O) groups is 1. The molecule has 21 heavy (non-hydrogen) atoms. The van der Waals surface area contributed by atoms with E-state index in [1.807, 2.05) is 0 Å². The van der Waals surface area contributed by atoms with Crippen LogP contribution in [0.3, 0.4) is 0 Å². The van der Waals surface area contributed by atoms with Gasteiger partial charge in [0.15, 0.2) is 5.58 Å². The summed E-state index contributed by atoms with van der Waals surface area (Å²) in [5.41, 5.74) is 2.06. The highest BCUT2D eigenvalue weighted by atomic mass is 16.5. The van der Waals surface area contributed by atoms with Crippen LogP contribution in [0.25, 0.3) is 11.1 Å². The fourth-order valence-electron chi connectivity index (χ4n) is 1.98. The number of anilines is 1. The topological polar surface area (TPSA) is 84.3 Å². The number of amides is 1. The van der Waals surface area contributed by atoms with Gasteiger partial charge >= 0.3 is 5.76 Å². The molecule has 106 valence electrons. The molecular weight excluding hydrogens is 272 g/mol. The molecule has 0 radical (unpaired) electrons. The molecule has 1 amide bonds. The lowest BCUT2D eigenvalue weighted by atomic mass is 10.2. The Hall–Kier alpha value is -3.02. The summed E-state index contributed by atoms with van der Waals surface area (Å²) in [7, 11) is 1.57. The Kier molecular flexibility index (Phi) is 3.19. The molecule has 0 aliphatic heterocycles. The molecule has 6 nitrogen and oxygen atoms in total. The van der Waals surface area contributed by atoms with Gasteiger partial charge in [0.1, 0.15) is 5.75 Å². The number of aromatic nitrogens is 1. The van der Waals surface area contributed by atoms with Crippen molar-refractivity contribution in [3.8, 4) is 5.75 Å². The number of hydrogen-bond acceptors (Lipinski definition) is 4. The van der Waals surface area contributed by atoms with Crippen molar-refractivity contribution >= 4 is 22.7 Å². The van der Waals surface area contributed by atoms with Crippen molar-refractivity contribution in [3.05, 3.63) is 58.6 Å². The normalized spacial score (nSPS) is 10.5. The molecule has 0 unspecified atom stereocenters. The number of nitrogens with one attached hydrogen (secondary N) is 2. The van der Waals surface area contributed by atoms with E-state index in [4.69, 9.17) is 9.15 Å². The summed E-state index contributed by atoms with van der Waals surface area (Å²) in [4.78, 5) is 25.7. The van der Waals surface area contributed by atoms with Crippen molar-refractivity contribution in [1.82, 2.24) is 4.98 Å². The quantitative estimate of drug-likeness (QED) is 0.773. The molecular formula is C15H12N2O4. The second-order valence-corrected chi connectivity index (χ2v) is 4.41. The molecule has 1 heterocycles. The third kappa shape index (κ3) is 2.64. The molecule has 0 aliphatic carbocycles. The predicted molar refractivity (Wildman–Crippen MR) is 77.8 cm³/mol. The van der Waals surface area contributed by atoms with Gasteiger partial charge in [0, 0.05) is 11.3 Å². The van der Waals surface area contributed by atoms with Crippen LogP contribution in [0.15, 0.2) is 51.7 Å². The Morgan fingerprint density at radius 2 is 1.95 bits per heavy atom. The maximum atomic E-state index is 12.1.